The highest BCUT2D eigenvalue weighted by atomic mass is 32.1. The monoisotopic (exact) mass is 491 g/mol. The van der Waals surface area contributed by atoms with Crippen LogP contribution < -0.4 is 20.9 Å². The van der Waals surface area contributed by atoms with Crippen LogP contribution in [-0.4, -0.2) is 68.1 Å². The fraction of sp³-hybridized carbons (Fsp3) is 0.500. The Hall–Kier alpha value is -3.25. The van der Waals surface area contributed by atoms with Gasteiger partial charge in [-0.05, 0) is 25.7 Å². The van der Waals surface area contributed by atoms with Crippen LogP contribution in [0.2, 0.25) is 0 Å². The van der Waals surface area contributed by atoms with Gasteiger partial charge in [-0.2, -0.15) is 0 Å². The zero-order valence-electron chi connectivity index (χ0n) is 19.1. The lowest BCUT2D eigenvalue weighted by atomic mass is 9.97. The first-order chi connectivity index (χ1) is 16.3. The fourth-order valence-electron chi connectivity index (χ4n) is 3.65. The van der Waals surface area contributed by atoms with Crippen molar-refractivity contribution in [1.29, 1.82) is 0 Å². The molecule has 2 aliphatic heterocycles. The van der Waals surface area contributed by atoms with E-state index in [9.17, 15) is 19.2 Å². The Kier molecular flexibility index (Phi) is 8.77. The lowest BCUT2D eigenvalue weighted by Gasteiger charge is -2.33. The highest BCUT2D eigenvalue weighted by Crippen LogP contribution is 2.25. The van der Waals surface area contributed by atoms with Crippen molar-refractivity contribution in [3.8, 4) is 0 Å². The van der Waals surface area contributed by atoms with Gasteiger partial charge in [0.2, 0.25) is 5.91 Å². The second-order valence-electron chi connectivity index (χ2n) is 8.03. The van der Waals surface area contributed by atoms with Crippen LogP contribution in [0.4, 0.5) is 5.13 Å². The van der Waals surface area contributed by atoms with Gasteiger partial charge < -0.3 is 30.3 Å². The van der Waals surface area contributed by atoms with Crippen LogP contribution in [0.15, 0.2) is 29.9 Å². The Balaban J connectivity index is 1.45. The number of amides is 3. The number of methoxy groups -OCH3 is 1. The van der Waals surface area contributed by atoms with Crippen LogP contribution in [0, 0.1) is 5.92 Å². The first kappa shape index (κ1) is 25.4. The summed E-state index contributed by atoms with van der Waals surface area (Å²) in [5, 5.41) is 10.0. The maximum Gasteiger partial charge on any atom is 0.353 e. The molecule has 3 amide bonds. The van der Waals surface area contributed by atoms with Crippen LogP contribution in [0.1, 0.15) is 36.2 Å². The van der Waals surface area contributed by atoms with Crippen LogP contribution in [0.25, 0.3) is 0 Å². The van der Waals surface area contributed by atoms with E-state index in [0.717, 1.165) is 32.8 Å². The average Bonchev–Trinajstić information content (AvgIpc) is 3.35. The first-order valence-electron chi connectivity index (χ1n) is 11.0. The number of anilines is 1. The molecule has 184 valence electrons. The molecule has 11 nitrogen and oxygen atoms in total. The zero-order chi connectivity index (χ0) is 24.7. The molecular weight excluding hydrogens is 462 g/mol. The number of nitrogens with zero attached hydrogens (tertiary/aromatic N) is 2. The van der Waals surface area contributed by atoms with E-state index in [1.165, 1.54) is 11.3 Å². The predicted molar refractivity (Wildman–Crippen MR) is 125 cm³/mol. The minimum absolute atomic E-state index is 0.0298. The smallest absolute Gasteiger partial charge is 0.353 e. The third kappa shape index (κ3) is 6.64. The minimum Gasteiger partial charge on any atom is -0.464 e. The van der Waals surface area contributed by atoms with E-state index in [2.05, 4.69) is 43.7 Å². The summed E-state index contributed by atoms with van der Waals surface area (Å²) in [6.45, 7) is 9.57. The molecule has 0 bridgehead atoms. The summed E-state index contributed by atoms with van der Waals surface area (Å²) in [5.41, 5.74) is -0.382. The fourth-order valence-corrected chi connectivity index (χ4v) is 4.51. The molecule has 3 rings (SSSR count). The molecule has 0 aromatic carbocycles. The first-order valence-corrected chi connectivity index (χ1v) is 11.8. The molecule has 0 aliphatic carbocycles. The number of hydrogen-bond donors (Lipinski definition) is 3. The Morgan fingerprint density at radius 3 is 2.41 bits per heavy atom. The summed E-state index contributed by atoms with van der Waals surface area (Å²) in [6, 6.07) is 0.121. The average molecular weight is 492 g/mol. The largest absolute Gasteiger partial charge is 0.464 e. The Morgan fingerprint density at radius 1 is 1.09 bits per heavy atom. The minimum atomic E-state index is -0.802. The van der Waals surface area contributed by atoms with Crippen molar-refractivity contribution in [2.24, 2.45) is 5.92 Å². The second-order valence-corrected chi connectivity index (χ2v) is 8.87. The molecule has 1 aromatic heterocycles. The molecule has 1 aromatic rings. The van der Waals surface area contributed by atoms with Crippen molar-refractivity contribution < 1.29 is 28.7 Å². The molecule has 3 heterocycles. The highest BCUT2D eigenvalue weighted by molar-refractivity contribution is 7.13. The number of rotatable bonds is 8. The van der Waals surface area contributed by atoms with Gasteiger partial charge in [-0.15, -0.1) is 11.3 Å². The Morgan fingerprint density at radius 2 is 1.76 bits per heavy atom. The quantitative estimate of drug-likeness (QED) is 0.357. The predicted octanol–water partition coefficient (Wildman–Crippen LogP) is 0.701. The summed E-state index contributed by atoms with van der Waals surface area (Å²) in [4.78, 5) is 54.7. The van der Waals surface area contributed by atoms with Gasteiger partial charge in [0.05, 0.1) is 12.8 Å². The molecular formula is C22H29N5O6S. The van der Waals surface area contributed by atoms with Crippen molar-refractivity contribution in [3.63, 3.8) is 0 Å². The van der Waals surface area contributed by atoms with E-state index in [1.807, 2.05) is 0 Å². The molecule has 0 saturated carbocycles. The van der Waals surface area contributed by atoms with Crippen molar-refractivity contribution in [3.05, 3.63) is 35.6 Å². The van der Waals surface area contributed by atoms with Crippen LogP contribution in [0.5, 0.6) is 0 Å². The highest BCUT2D eigenvalue weighted by Gasteiger charge is 2.27. The van der Waals surface area contributed by atoms with Gasteiger partial charge in [0.1, 0.15) is 11.4 Å². The van der Waals surface area contributed by atoms with E-state index in [1.54, 1.807) is 5.38 Å². The molecule has 2 aliphatic rings. The van der Waals surface area contributed by atoms with Crippen LogP contribution >= 0.6 is 11.3 Å². The maximum atomic E-state index is 12.5. The number of hydrogen-bond acceptors (Lipinski definition) is 9. The van der Waals surface area contributed by atoms with Crippen molar-refractivity contribution in [1.82, 2.24) is 20.9 Å². The van der Waals surface area contributed by atoms with Gasteiger partial charge in [-0.3, -0.25) is 14.4 Å². The maximum absolute atomic E-state index is 12.5. The van der Waals surface area contributed by atoms with Gasteiger partial charge in [0.15, 0.2) is 5.13 Å². The van der Waals surface area contributed by atoms with E-state index < -0.39 is 17.8 Å². The van der Waals surface area contributed by atoms with Gasteiger partial charge in [0, 0.05) is 43.6 Å². The topological polar surface area (TPSA) is 139 Å². The van der Waals surface area contributed by atoms with Gasteiger partial charge >= 0.3 is 5.97 Å². The number of esters is 1. The molecule has 0 atom stereocenters. The molecule has 0 unspecified atom stereocenters. The number of nitrogens with one attached hydrogen (secondary N) is 3. The third-order valence-corrected chi connectivity index (χ3v) is 6.56. The van der Waals surface area contributed by atoms with Crippen molar-refractivity contribution >= 4 is 40.2 Å². The van der Waals surface area contributed by atoms with Crippen LogP contribution in [0.3, 0.4) is 0 Å². The summed E-state index contributed by atoms with van der Waals surface area (Å²) in [5.74, 6) is -2.05. The van der Waals surface area contributed by atoms with Crippen molar-refractivity contribution in [2.45, 2.75) is 31.7 Å². The number of ether oxygens (including phenoxy) is 2. The van der Waals surface area contributed by atoms with Gasteiger partial charge in [-0.1, -0.05) is 13.2 Å². The molecule has 0 radical (unpaired) electrons. The number of piperidine rings is 1. The summed E-state index contributed by atoms with van der Waals surface area (Å²) >= 11 is 1.32. The van der Waals surface area contributed by atoms with E-state index in [0.29, 0.717) is 31.4 Å². The van der Waals surface area contributed by atoms with E-state index >= 15 is 0 Å². The number of aromatic nitrogens is 1. The van der Waals surface area contributed by atoms with E-state index in [-0.39, 0.29) is 35.0 Å². The lowest BCUT2D eigenvalue weighted by Crippen LogP contribution is -2.47. The summed E-state index contributed by atoms with van der Waals surface area (Å²) < 4.78 is 9.76. The molecule has 2 fully saturated rings. The lowest BCUT2D eigenvalue weighted by molar-refractivity contribution is -0.137. The van der Waals surface area contributed by atoms with Crippen molar-refractivity contribution in [2.75, 3.05) is 38.3 Å². The molecule has 12 heteroatoms. The molecule has 0 spiro atoms. The molecule has 3 N–H and O–H groups in total. The molecule has 34 heavy (non-hydrogen) atoms. The number of carbonyl (C=O) groups is 4. The van der Waals surface area contributed by atoms with Gasteiger partial charge in [-0.25, -0.2) is 9.78 Å². The summed E-state index contributed by atoms with van der Waals surface area (Å²) in [6.07, 6.45) is 3.11. The van der Waals surface area contributed by atoms with Gasteiger partial charge in [0.25, 0.3) is 11.8 Å². The normalized spacial score (nSPS) is 16.9. The van der Waals surface area contributed by atoms with E-state index in [4.69, 9.17) is 4.74 Å². The SMILES string of the molecule is C=C(NC(=O)c1csc(N2CCC(NC(=O)C3CCOCC3)CC2)n1)C(=O)NC(=C)C(=O)OC. The summed E-state index contributed by atoms with van der Waals surface area (Å²) in [7, 11) is 1.15. The molecule has 2 saturated heterocycles. The Labute approximate surface area is 201 Å². The number of carbonyl (C=O) groups excluding carboxylic acids is 4. The second kappa shape index (κ2) is 11.7. The standard InChI is InChI=1S/C22H29N5O6S/c1-13(18(28)24-14(2)21(31)32-3)23-20(30)17-12-34-22(26-17)27-8-4-16(5-9-27)25-19(29)15-6-10-33-11-7-15/h12,15-16H,1-2,4-11H2,3H3,(H,23,30)(H,24,28)(H,25,29). The number of thiazole rings is 1. The van der Waals surface area contributed by atoms with Crippen LogP contribution in [-0.2, 0) is 23.9 Å². The Bertz CT molecular complexity index is 963. The zero-order valence-corrected chi connectivity index (χ0v) is 19.9. The third-order valence-electron chi connectivity index (χ3n) is 5.66.